The average molecular weight is 231 g/mol. The molecule has 0 spiro atoms. The molecule has 2 nitrogen and oxygen atoms in total. The summed E-state index contributed by atoms with van der Waals surface area (Å²) in [5, 5.41) is 3.55. The molecule has 0 aliphatic carbocycles. The van der Waals surface area contributed by atoms with E-state index in [0.717, 1.165) is 13.2 Å². The Bertz CT molecular complexity index is 143. The van der Waals surface area contributed by atoms with Gasteiger partial charge in [-0.3, -0.25) is 0 Å². The smallest absolute Gasteiger partial charge is 0.0576 e. The van der Waals surface area contributed by atoms with Crippen LogP contribution >= 0.6 is 11.8 Å². The van der Waals surface area contributed by atoms with Crippen LogP contribution in [0.1, 0.15) is 39.0 Å². The summed E-state index contributed by atoms with van der Waals surface area (Å²) in [6.45, 7) is 4.27. The number of nitrogens with one attached hydrogen (secondary N) is 1. The lowest BCUT2D eigenvalue weighted by Gasteiger charge is -2.17. The maximum Gasteiger partial charge on any atom is 0.0576 e. The molecule has 0 bridgehead atoms. The van der Waals surface area contributed by atoms with E-state index < -0.39 is 0 Å². The zero-order valence-corrected chi connectivity index (χ0v) is 10.9. The lowest BCUT2D eigenvalue weighted by Crippen LogP contribution is -2.31. The number of hydrogen-bond acceptors (Lipinski definition) is 3. The van der Waals surface area contributed by atoms with E-state index in [-0.39, 0.29) is 0 Å². The molecular weight excluding hydrogens is 206 g/mol. The summed E-state index contributed by atoms with van der Waals surface area (Å²) in [6.07, 6.45) is 9.18. The highest BCUT2D eigenvalue weighted by atomic mass is 32.2. The van der Waals surface area contributed by atoms with E-state index in [1.807, 2.05) is 11.8 Å². The fourth-order valence-corrected chi connectivity index (χ4v) is 2.88. The van der Waals surface area contributed by atoms with Gasteiger partial charge in [-0.15, -0.1) is 0 Å². The van der Waals surface area contributed by atoms with Gasteiger partial charge in [-0.2, -0.15) is 11.8 Å². The Balaban J connectivity index is 2.04. The van der Waals surface area contributed by atoms with Gasteiger partial charge in [-0.1, -0.05) is 6.92 Å². The lowest BCUT2D eigenvalue weighted by atomic mass is 10.1. The van der Waals surface area contributed by atoms with Crippen LogP contribution in [0.2, 0.25) is 0 Å². The first-order valence-corrected chi connectivity index (χ1v) is 7.60. The van der Waals surface area contributed by atoms with Gasteiger partial charge in [0.1, 0.15) is 0 Å². The van der Waals surface area contributed by atoms with Crippen molar-refractivity contribution < 1.29 is 4.74 Å². The predicted molar refractivity (Wildman–Crippen MR) is 68.7 cm³/mol. The van der Waals surface area contributed by atoms with E-state index in [9.17, 15) is 0 Å². The maximum absolute atomic E-state index is 5.63. The van der Waals surface area contributed by atoms with Crippen molar-refractivity contribution in [1.29, 1.82) is 0 Å². The van der Waals surface area contributed by atoms with Crippen molar-refractivity contribution in [2.75, 3.05) is 25.2 Å². The Morgan fingerprint density at radius 1 is 1.53 bits per heavy atom. The first-order chi connectivity index (χ1) is 7.36. The van der Waals surface area contributed by atoms with Crippen molar-refractivity contribution >= 4 is 11.8 Å². The molecule has 0 saturated carbocycles. The average Bonchev–Trinajstić information content (AvgIpc) is 2.71. The SMILES string of the molecule is CCNC(CCCC1CCCO1)CSC. The molecule has 0 radical (unpaired) electrons. The van der Waals surface area contributed by atoms with Gasteiger partial charge < -0.3 is 10.1 Å². The molecule has 1 aliphatic rings. The Hall–Kier alpha value is 0.270. The van der Waals surface area contributed by atoms with Gasteiger partial charge in [0, 0.05) is 18.4 Å². The van der Waals surface area contributed by atoms with E-state index in [2.05, 4.69) is 18.5 Å². The summed E-state index contributed by atoms with van der Waals surface area (Å²) < 4.78 is 5.63. The normalized spacial score (nSPS) is 23.2. The van der Waals surface area contributed by atoms with Crippen LogP contribution in [0.3, 0.4) is 0 Å². The zero-order valence-electron chi connectivity index (χ0n) is 10.1. The highest BCUT2D eigenvalue weighted by molar-refractivity contribution is 7.98. The summed E-state index contributed by atoms with van der Waals surface area (Å²) in [7, 11) is 0. The Kier molecular flexibility index (Phi) is 7.49. The van der Waals surface area contributed by atoms with E-state index in [0.29, 0.717) is 12.1 Å². The fraction of sp³-hybridized carbons (Fsp3) is 1.00. The molecule has 0 aromatic rings. The van der Waals surface area contributed by atoms with Gasteiger partial charge in [0.15, 0.2) is 0 Å². The van der Waals surface area contributed by atoms with Crippen molar-refractivity contribution in [2.24, 2.45) is 0 Å². The van der Waals surface area contributed by atoms with E-state index in [1.54, 1.807) is 0 Å². The van der Waals surface area contributed by atoms with Crippen LogP contribution in [0.5, 0.6) is 0 Å². The molecule has 2 atom stereocenters. The maximum atomic E-state index is 5.63. The topological polar surface area (TPSA) is 21.3 Å². The highest BCUT2D eigenvalue weighted by Gasteiger charge is 2.15. The minimum Gasteiger partial charge on any atom is -0.378 e. The Morgan fingerprint density at radius 3 is 3.00 bits per heavy atom. The molecule has 1 fully saturated rings. The van der Waals surface area contributed by atoms with Crippen LogP contribution < -0.4 is 5.32 Å². The number of ether oxygens (including phenoxy) is 1. The standard InChI is InChI=1S/C12H25NOS/c1-3-13-11(10-15-2)6-4-7-12-8-5-9-14-12/h11-13H,3-10H2,1-2H3. The molecule has 15 heavy (non-hydrogen) atoms. The molecule has 0 aromatic carbocycles. The van der Waals surface area contributed by atoms with Crippen LogP contribution in [0.4, 0.5) is 0 Å². The summed E-state index contributed by atoms with van der Waals surface area (Å²) in [6, 6.07) is 0.700. The third-order valence-corrected chi connectivity index (χ3v) is 3.70. The summed E-state index contributed by atoms with van der Waals surface area (Å²) in [5.74, 6) is 1.24. The molecule has 0 aromatic heterocycles. The predicted octanol–water partition coefficient (Wildman–Crippen LogP) is 2.68. The minimum absolute atomic E-state index is 0.571. The monoisotopic (exact) mass is 231 g/mol. The quantitative estimate of drug-likeness (QED) is 0.694. The first kappa shape index (κ1) is 13.3. The molecule has 2 unspecified atom stereocenters. The second-order valence-corrected chi connectivity index (χ2v) is 5.19. The number of rotatable bonds is 8. The van der Waals surface area contributed by atoms with E-state index in [1.165, 1.54) is 37.9 Å². The third-order valence-electron chi connectivity index (χ3n) is 2.96. The summed E-state index contributed by atoms with van der Waals surface area (Å²) in [5.41, 5.74) is 0. The van der Waals surface area contributed by atoms with E-state index >= 15 is 0 Å². The fourth-order valence-electron chi connectivity index (χ4n) is 2.20. The Morgan fingerprint density at radius 2 is 2.40 bits per heavy atom. The molecule has 1 N–H and O–H groups in total. The largest absolute Gasteiger partial charge is 0.378 e. The van der Waals surface area contributed by atoms with Crippen molar-refractivity contribution in [1.82, 2.24) is 5.32 Å². The van der Waals surface area contributed by atoms with Gasteiger partial charge in [-0.25, -0.2) is 0 Å². The molecule has 1 aliphatic heterocycles. The second kappa shape index (κ2) is 8.43. The van der Waals surface area contributed by atoms with Gasteiger partial charge in [0.25, 0.3) is 0 Å². The van der Waals surface area contributed by atoms with Gasteiger partial charge in [0.05, 0.1) is 6.10 Å². The first-order valence-electron chi connectivity index (χ1n) is 6.20. The van der Waals surface area contributed by atoms with Crippen LogP contribution in [0.25, 0.3) is 0 Å². The van der Waals surface area contributed by atoms with Crippen molar-refractivity contribution in [3.8, 4) is 0 Å². The molecule has 1 heterocycles. The minimum atomic E-state index is 0.571. The summed E-state index contributed by atoms with van der Waals surface area (Å²) >= 11 is 1.94. The Labute approximate surface area is 98.5 Å². The highest BCUT2D eigenvalue weighted by Crippen LogP contribution is 2.18. The van der Waals surface area contributed by atoms with Crippen LogP contribution in [0.15, 0.2) is 0 Å². The third kappa shape index (κ3) is 5.79. The zero-order chi connectivity index (χ0) is 10.9. The molecule has 1 saturated heterocycles. The molecular formula is C12H25NOS. The van der Waals surface area contributed by atoms with Crippen LogP contribution in [-0.2, 0) is 4.74 Å². The van der Waals surface area contributed by atoms with Gasteiger partial charge >= 0.3 is 0 Å². The van der Waals surface area contributed by atoms with Gasteiger partial charge in [-0.05, 0) is 44.9 Å². The summed E-state index contributed by atoms with van der Waals surface area (Å²) in [4.78, 5) is 0. The van der Waals surface area contributed by atoms with Gasteiger partial charge in [0.2, 0.25) is 0 Å². The molecule has 1 rings (SSSR count). The molecule has 90 valence electrons. The molecule has 0 amide bonds. The van der Waals surface area contributed by atoms with Crippen molar-refractivity contribution in [2.45, 2.75) is 51.2 Å². The second-order valence-electron chi connectivity index (χ2n) is 4.28. The van der Waals surface area contributed by atoms with Crippen LogP contribution in [-0.4, -0.2) is 37.3 Å². The number of thioether (sulfide) groups is 1. The van der Waals surface area contributed by atoms with Crippen molar-refractivity contribution in [3.63, 3.8) is 0 Å². The van der Waals surface area contributed by atoms with Crippen LogP contribution in [0, 0.1) is 0 Å². The number of hydrogen-bond donors (Lipinski definition) is 1. The van der Waals surface area contributed by atoms with E-state index in [4.69, 9.17) is 4.74 Å². The van der Waals surface area contributed by atoms with Crippen molar-refractivity contribution in [3.05, 3.63) is 0 Å². The lowest BCUT2D eigenvalue weighted by molar-refractivity contribution is 0.101. The molecule has 3 heteroatoms.